The summed E-state index contributed by atoms with van der Waals surface area (Å²) in [6.07, 6.45) is 6.21. The van der Waals surface area contributed by atoms with E-state index >= 15 is 0 Å². The van der Waals surface area contributed by atoms with Gasteiger partial charge in [0.05, 0.1) is 11.7 Å². The van der Waals surface area contributed by atoms with E-state index in [-0.39, 0.29) is 17.5 Å². The van der Waals surface area contributed by atoms with E-state index in [1.807, 2.05) is 6.92 Å². The van der Waals surface area contributed by atoms with E-state index < -0.39 is 11.5 Å². The number of carboxylic acids is 1. The molecule has 0 spiro atoms. The first-order valence-corrected chi connectivity index (χ1v) is 7.13. The molecule has 20 heavy (non-hydrogen) atoms. The van der Waals surface area contributed by atoms with Crippen molar-refractivity contribution in [2.75, 3.05) is 0 Å². The van der Waals surface area contributed by atoms with E-state index in [1.54, 1.807) is 0 Å². The average Bonchev–Trinajstić information content (AvgIpc) is 3.09. The Morgan fingerprint density at radius 1 is 1.50 bits per heavy atom. The largest absolute Gasteiger partial charge is 0.477 e. The zero-order chi connectivity index (χ0) is 14.3. The minimum Gasteiger partial charge on any atom is -0.477 e. The summed E-state index contributed by atoms with van der Waals surface area (Å²) in [6, 6.07) is 0. The maximum Gasteiger partial charge on any atom is 0.353 e. The summed E-state index contributed by atoms with van der Waals surface area (Å²) in [7, 11) is 0. The highest BCUT2D eigenvalue weighted by molar-refractivity contribution is 5.85. The number of imidazole rings is 1. The third-order valence-corrected chi connectivity index (χ3v) is 4.57. The molecular weight excluding hydrogens is 258 g/mol. The molecule has 1 heterocycles. The van der Waals surface area contributed by atoms with Crippen LogP contribution in [0.3, 0.4) is 0 Å². The molecule has 2 saturated carbocycles. The summed E-state index contributed by atoms with van der Waals surface area (Å²) in [5.41, 5.74) is -0.427. The van der Waals surface area contributed by atoms with Crippen LogP contribution in [0.5, 0.6) is 0 Å². The lowest BCUT2D eigenvalue weighted by Crippen LogP contribution is -2.53. The fourth-order valence-corrected chi connectivity index (χ4v) is 2.78. The number of carbonyl (C=O) groups is 2. The monoisotopic (exact) mass is 277 g/mol. The molecule has 108 valence electrons. The lowest BCUT2D eigenvalue weighted by atomic mass is 9.75. The first-order valence-electron chi connectivity index (χ1n) is 7.13. The van der Waals surface area contributed by atoms with Crippen molar-refractivity contribution in [3.8, 4) is 0 Å². The number of aromatic amines is 1. The third-order valence-electron chi connectivity index (χ3n) is 4.57. The molecule has 3 rings (SSSR count). The van der Waals surface area contributed by atoms with Crippen LogP contribution >= 0.6 is 0 Å². The van der Waals surface area contributed by atoms with E-state index in [4.69, 9.17) is 5.11 Å². The van der Waals surface area contributed by atoms with Gasteiger partial charge in [-0.3, -0.25) is 4.79 Å². The van der Waals surface area contributed by atoms with Crippen molar-refractivity contribution in [1.29, 1.82) is 0 Å². The number of aromatic nitrogens is 2. The molecule has 6 nitrogen and oxygen atoms in total. The number of hydrogen-bond donors (Lipinski definition) is 3. The molecule has 0 aromatic carbocycles. The zero-order valence-electron chi connectivity index (χ0n) is 11.5. The number of amides is 1. The fourth-order valence-electron chi connectivity index (χ4n) is 2.78. The summed E-state index contributed by atoms with van der Waals surface area (Å²) in [5.74, 6) is 0.133. The Morgan fingerprint density at radius 3 is 2.65 bits per heavy atom. The normalized spacial score (nSPS) is 21.9. The van der Waals surface area contributed by atoms with Gasteiger partial charge in [0.15, 0.2) is 0 Å². The third kappa shape index (κ3) is 2.19. The molecule has 3 N–H and O–H groups in total. The summed E-state index contributed by atoms with van der Waals surface area (Å²) in [4.78, 5) is 30.2. The Hall–Kier alpha value is -1.85. The van der Waals surface area contributed by atoms with Crippen molar-refractivity contribution in [1.82, 2.24) is 15.3 Å². The second kappa shape index (κ2) is 4.61. The van der Waals surface area contributed by atoms with Gasteiger partial charge in [0.2, 0.25) is 5.91 Å². The topological polar surface area (TPSA) is 95.1 Å². The van der Waals surface area contributed by atoms with Gasteiger partial charge in [-0.15, -0.1) is 0 Å². The molecule has 2 fully saturated rings. The average molecular weight is 277 g/mol. The zero-order valence-corrected chi connectivity index (χ0v) is 11.5. The second-order valence-electron chi connectivity index (χ2n) is 6.00. The Labute approximate surface area is 117 Å². The highest BCUT2D eigenvalue weighted by Gasteiger charge is 2.45. The van der Waals surface area contributed by atoms with E-state index in [0.29, 0.717) is 11.7 Å². The molecule has 1 aromatic heterocycles. The fraction of sp³-hybridized carbons (Fsp3) is 0.643. The Morgan fingerprint density at radius 2 is 2.20 bits per heavy atom. The van der Waals surface area contributed by atoms with Crippen molar-refractivity contribution < 1.29 is 14.7 Å². The van der Waals surface area contributed by atoms with Crippen LogP contribution in [0.15, 0.2) is 6.20 Å². The van der Waals surface area contributed by atoms with Crippen LogP contribution < -0.4 is 5.32 Å². The SMILES string of the molecule is CC(C(=O)NC1(c2ncc(C(=O)O)[nH]2)CCC1)C1CC1. The number of hydrogen-bond acceptors (Lipinski definition) is 3. The number of aromatic carboxylic acids is 1. The molecule has 0 radical (unpaired) electrons. The van der Waals surface area contributed by atoms with Crippen molar-refractivity contribution in [2.24, 2.45) is 11.8 Å². The number of nitrogens with zero attached hydrogens (tertiary/aromatic N) is 1. The van der Waals surface area contributed by atoms with Crippen LogP contribution in [0.2, 0.25) is 0 Å². The number of carbonyl (C=O) groups excluding carboxylic acids is 1. The molecule has 0 saturated heterocycles. The maximum absolute atomic E-state index is 12.3. The van der Waals surface area contributed by atoms with E-state index in [1.165, 1.54) is 6.20 Å². The highest BCUT2D eigenvalue weighted by Crippen LogP contribution is 2.42. The van der Waals surface area contributed by atoms with Crippen LogP contribution in [-0.4, -0.2) is 27.0 Å². The minimum absolute atomic E-state index is 0.0291. The van der Waals surface area contributed by atoms with Gasteiger partial charge in [-0.05, 0) is 38.0 Å². The summed E-state index contributed by atoms with van der Waals surface area (Å²) < 4.78 is 0. The Bertz CT molecular complexity index is 544. The van der Waals surface area contributed by atoms with Crippen molar-refractivity contribution in [3.05, 3.63) is 17.7 Å². The van der Waals surface area contributed by atoms with Gasteiger partial charge in [-0.2, -0.15) is 0 Å². The van der Waals surface area contributed by atoms with Crippen LogP contribution in [0, 0.1) is 11.8 Å². The predicted octanol–water partition coefficient (Wildman–Crippen LogP) is 1.65. The lowest BCUT2D eigenvalue weighted by molar-refractivity contribution is -0.128. The Balaban J connectivity index is 1.76. The summed E-state index contributed by atoms with van der Waals surface area (Å²) in [5, 5.41) is 12.0. The molecule has 6 heteroatoms. The van der Waals surface area contributed by atoms with E-state index in [2.05, 4.69) is 15.3 Å². The molecule has 2 aliphatic rings. The van der Waals surface area contributed by atoms with Crippen molar-refractivity contribution in [2.45, 2.75) is 44.6 Å². The molecule has 1 aromatic rings. The first-order chi connectivity index (χ1) is 9.52. The van der Waals surface area contributed by atoms with Crippen molar-refractivity contribution >= 4 is 11.9 Å². The molecule has 1 atom stereocenters. The van der Waals surface area contributed by atoms with E-state index in [9.17, 15) is 9.59 Å². The lowest BCUT2D eigenvalue weighted by Gasteiger charge is -2.41. The van der Waals surface area contributed by atoms with Gasteiger partial charge in [0.25, 0.3) is 0 Å². The predicted molar refractivity (Wildman–Crippen MR) is 71.1 cm³/mol. The number of H-pyrrole nitrogens is 1. The molecule has 2 aliphatic carbocycles. The molecule has 1 unspecified atom stereocenters. The number of carboxylic acid groups (broad SMARTS) is 1. The Kier molecular flexibility index (Phi) is 3.03. The smallest absolute Gasteiger partial charge is 0.353 e. The molecule has 0 aliphatic heterocycles. The van der Waals surface area contributed by atoms with Crippen molar-refractivity contribution in [3.63, 3.8) is 0 Å². The first kappa shape index (κ1) is 13.1. The number of rotatable bonds is 5. The molecule has 0 bridgehead atoms. The van der Waals surface area contributed by atoms with Gasteiger partial charge in [0, 0.05) is 5.92 Å². The highest BCUT2D eigenvalue weighted by atomic mass is 16.4. The van der Waals surface area contributed by atoms with Gasteiger partial charge >= 0.3 is 5.97 Å². The number of nitrogens with one attached hydrogen (secondary N) is 2. The standard InChI is InChI=1S/C14H19N3O3/c1-8(9-3-4-9)11(18)17-14(5-2-6-14)13-15-7-10(16-13)12(19)20/h7-9H,2-6H2,1H3,(H,15,16)(H,17,18)(H,19,20). The van der Waals surface area contributed by atoms with Gasteiger partial charge in [0.1, 0.15) is 11.5 Å². The summed E-state index contributed by atoms with van der Waals surface area (Å²) >= 11 is 0. The molecule has 1 amide bonds. The second-order valence-corrected chi connectivity index (χ2v) is 6.00. The van der Waals surface area contributed by atoms with Crippen LogP contribution in [0.25, 0.3) is 0 Å². The van der Waals surface area contributed by atoms with E-state index in [0.717, 1.165) is 32.1 Å². The molecular formula is C14H19N3O3. The van der Waals surface area contributed by atoms with Crippen LogP contribution in [0.4, 0.5) is 0 Å². The van der Waals surface area contributed by atoms with Gasteiger partial charge in [-0.25, -0.2) is 9.78 Å². The summed E-state index contributed by atoms with van der Waals surface area (Å²) in [6.45, 7) is 1.96. The van der Waals surface area contributed by atoms with Crippen LogP contribution in [-0.2, 0) is 10.3 Å². The maximum atomic E-state index is 12.3. The van der Waals surface area contributed by atoms with Crippen LogP contribution in [0.1, 0.15) is 55.3 Å². The van der Waals surface area contributed by atoms with Gasteiger partial charge < -0.3 is 15.4 Å². The quantitative estimate of drug-likeness (QED) is 0.762. The minimum atomic E-state index is -1.03. The van der Waals surface area contributed by atoms with Gasteiger partial charge in [-0.1, -0.05) is 6.92 Å².